The summed E-state index contributed by atoms with van der Waals surface area (Å²) in [6.45, 7) is 1.14. The molecule has 0 bridgehead atoms. The first-order valence-electron chi connectivity index (χ1n) is 4.63. The predicted octanol–water partition coefficient (Wildman–Crippen LogP) is 1.21. The van der Waals surface area contributed by atoms with E-state index in [1.54, 1.807) is 0 Å². The van der Waals surface area contributed by atoms with Crippen LogP contribution in [0.1, 0.15) is 19.3 Å². The van der Waals surface area contributed by atoms with Gasteiger partial charge in [0.1, 0.15) is 13.6 Å². The van der Waals surface area contributed by atoms with Crippen molar-refractivity contribution in [2.45, 2.75) is 25.4 Å². The molecular weight excluding hydrogens is 150 g/mol. The molecular formula is C10H16NO+. The topological polar surface area (TPSA) is 12.2 Å². The highest BCUT2D eigenvalue weighted by Crippen LogP contribution is 2.25. The maximum atomic E-state index is 5.44. The molecule has 2 heteroatoms. The lowest BCUT2D eigenvalue weighted by Gasteiger charge is -2.20. The number of hydrogen-bond acceptors (Lipinski definition) is 1. The standard InChI is InChI=1S/C10H16NO/c1-11-7-6-10(12-2)8-4-3-5-9(8)11/h4,10H,3,5-7H2,1-2H3/q+1. The highest BCUT2D eigenvalue weighted by atomic mass is 16.5. The van der Waals surface area contributed by atoms with E-state index in [2.05, 4.69) is 17.7 Å². The van der Waals surface area contributed by atoms with Crippen LogP contribution in [0.4, 0.5) is 0 Å². The lowest BCUT2D eigenvalue weighted by Crippen LogP contribution is -2.33. The monoisotopic (exact) mass is 166 g/mol. The molecule has 0 amide bonds. The van der Waals surface area contributed by atoms with Gasteiger partial charge in [0.2, 0.25) is 0 Å². The van der Waals surface area contributed by atoms with Gasteiger partial charge in [0.15, 0.2) is 5.71 Å². The minimum atomic E-state index is 0.374. The number of fused-ring (bicyclic) bond motifs is 1. The van der Waals surface area contributed by atoms with Crippen LogP contribution in [0, 0.1) is 0 Å². The van der Waals surface area contributed by atoms with Crippen molar-refractivity contribution in [2.24, 2.45) is 0 Å². The molecule has 0 fully saturated rings. The normalized spacial score (nSPS) is 28.8. The summed E-state index contributed by atoms with van der Waals surface area (Å²) in [6, 6.07) is 0. The molecule has 0 N–H and O–H groups in total. The van der Waals surface area contributed by atoms with Gasteiger partial charge in [-0.15, -0.1) is 0 Å². The molecule has 66 valence electrons. The summed E-state index contributed by atoms with van der Waals surface area (Å²) in [5, 5.41) is 0. The second kappa shape index (κ2) is 3.02. The smallest absolute Gasteiger partial charge is 0.181 e. The Morgan fingerprint density at radius 2 is 2.42 bits per heavy atom. The highest BCUT2D eigenvalue weighted by Gasteiger charge is 2.32. The summed E-state index contributed by atoms with van der Waals surface area (Å²) >= 11 is 0. The Morgan fingerprint density at radius 3 is 3.17 bits per heavy atom. The van der Waals surface area contributed by atoms with E-state index < -0.39 is 0 Å². The second-order valence-electron chi connectivity index (χ2n) is 3.58. The first-order valence-corrected chi connectivity index (χ1v) is 4.63. The Hall–Kier alpha value is -0.630. The van der Waals surface area contributed by atoms with Crippen LogP contribution in [0.2, 0.25) is 0 Å². The fourth-order valence-corrected chi connectivity index (χ4v) is 2.20. The van der Waals surface area contributed by atoms with Crippen LogP contribution in [0.25, 0.3) is 0 Å². The third-order valence-corrected chi connectivity index (χ3v) is 2.90. The summed E-state index contributed by atoms with van der Waals surface area (Å²) in [4.78, 5) is 0. The maximum absolute atomic E-state index is 5.44. The van der Waals surface area contributed by atoms with Gasteiger partial charge in [0.25, 0.3) is 0 Å². The van der Waals surface area contributed by atoms with Crippen molar-refractivity contribution < 1.29 is 9.31 Å². The van der Waals surface area contributed by atoms with Crippen LogP contribution in [0.3, 0.4) is 0 Å². The molecule has 2 aliphatic rings. The van der Waals surface area contributed by atoms with Gasteiger partial charge in [0.05, 0.1) is 6.10 Å². The second-order valence-corrected chi connectivity index (χ2v) is 3.58. The van der Waals surface area contributed by atoms with Crippen molar-refractivity contribution in [1.82, 2.24) is 0 Å². The number of hydrogen-bond donors (Lipinski definition) is 0. The van der Waals surface area contributed by atoms with Crippen LogP contribution in [-0.4, -0.2) is 37.1 Å². The summed E-state index contributed by atoms with van der Waals surface area (Å²) in [5.41, 5.74) is 2.96. The van der Waals surface area contributed by atoms with E-state index in [9.17, 15) is 0 Å². The number of nitrogens with zero attached hydrogens (tertiary/aromatic N) is 1. The third kappa shape index (κ3) is 1.11. The highest BCUT2D eigenvalue weighted by molar-refractivity contribution is 5.99. The number of methoxy groups -OCH3 is 1. The molecule has 1 aliphatic heterocycles. The Bertz CT molecular complexity index is 253. The van der Waals surface area contributed by atoms with Gasteiger partial charge in [-0.2, -0.15) is 0 Å². The van der Waals surface area contributed by atoms with Crippen LogP contribution in [0.5, 0.6) is 0 Å². The average molecular weight is 166 g/mol. The van der Waals surface area contributed by atoms with Crippen molar-refractivity contribution in [2.75, 3.05) is 20.7 Å². The molecule has 0 spiro atoms. The minimum Gasteiger partial charge on any atom is -0.376 e. The maximum Gasteiger partial charge on any atom is 0.181 e. The van der Waals surface area contributed by atoms with Gasteiger partial charge >= 0.3 is 0 Å². The third-order valence-electron chi connectivity index (χ3n) is 2.90. The summed E-state index contributed by atoms with van der Waals surface area (Å²) < 4.78 is 7.81. The zero-order chi connectivity index (χ0) is 8.55. The number of rotatable bonds is 1. The van der Waals surface area contributed by atoms with Gasteiger partial charge in [-0.25, -0.2) is 4.58 Å². The molecule has 1 unspecified atom stereocenters. The zero-order valence-electron chi connectivity index (χ0n) is 7.84. The quantitative estimate of drug-likeness (QED) is 0.533. The average Bonchev–Trinajstić information content (AvgIpc) is 2.54. The van der Waals surface area contributed by atoms with E-state index in [0.29, 0.717) is 6.10 Å². The summed E-state index contributed by atoms with van der Waals surface area (Å²) in [5.74, 6) is 0. The van der Waals surface area contributed by atoms with Gasteiger partial charge in [-0.05, 0) is 6.42 Å². The van der Waals surface area contributed by atoms with Crippen LogP contribution in [0.15, 0.2) is 11.6 Å². The molecule has 0 aromatic carbocycles. The first kappa shape index (κ1) is 7.99. The van der Waals surface area contributed by atoms with Gasteiger partial charge in [-0.1, -0.05) is 6.08 Å². The molecule has 2 nitrogen and oxygen atoms in total. The Morgan fingerprint density at radius 1 is 1.58 bits per heavy atom. The Labute approximate surface area is 73.5 Å². The Balaban J connectivity index is 2.31. The van der Waals surface area contributed by atoms with E-state index in [4.69, 9.17) is 4.74 Å². The summed E-state index contributed by atoms with van der Waals surface area (Å²) in [7, 11) is 3.99. The molecule has 0 aromatic rings. The lowest BCUT2D eigenvalue weighted by molar-refractivity contribution is -0.503. The van der Waals surface area contributed by atoms with E-state index in [1.807, 2.05) is 7.11 Å². The van der Waals surface area contributed by atoms with Crippen molar-refractivity contribution in [3.63, 3.8) is 0 Å². The van der Waals surface area contributed by atoms with E-state index in [-0.39, 0.29) is 0 Å². The minimum absolute atomic E-state index is 0.374. The number of ether oxygens (including phenoxy) is 1. The lowest BCUT2D eigenvalue weighted by atomic mass is 10.0. The molecule has 0 saturated carbocycles. The van der Waals surface area contributed by atoms with Crippen molar-refractivity contribution in [1.29, 1.82) is 0 Å². The molecule has 1 aliphatic carbocycles. The van der Waals surface area contributed by atoms with Gasteiger partial charge in [0, 0.05) is 25.5 Å². The van der Waals surface area contributed by atoms with Crippen LogP contribution in [-0.2, 0) is 4.74 Å². The molecule has 2 rings (SSSR count). The molecule has 12 heavy (non-hydrogen) atoms. The largest absolute Gasteiger partial charge is 0.376 e. The van der Waals surface area contributed by atoms with E-state index >= 15 is 0 Å². The van der Waals surface area contributed by atoms with Gasteiger partial charge < -0.3 is 4.74 Å². The molecule has 0 aromatic heterocycles. The fourth-order valence-electron chi connectivity index (χ4n) is 2.20. The predicted molar refractivity (Wildman–Crippen MR) is 48.8 cm³/mol. The van der Waals surface area contributed by atoms with Crippen LogP contribution < -0.4 is 0 Å². The van der Waals surface area contributed by atoms with E-state index in [0.717, 1.165) is 13.0 Å². The first-order chi connectivity index (χ1) is 5.83. The van der Waals surface area contributed by atoms with E-state index in [1.165, 1.54) is 24.1 Å². The summed E-state index contributed by atoms with van der Waals surface area (Å²) in [6.07, 6.45) is 6.26. The fraction of sp³-hybridized carbons (Fsp3) is 0.700. The van der Waals surface area contributed by atoms with Gasteiger partial charge in [-0.3, -0.25) is 0 Å². The zero-order valence-corrected chi connectivity index (χ0v) is 7.84. The Kier molecular flexibility index (Phi) is 2.01. The van der Waals surface area contributed by atoms with Crippen molar-refractivity contribution in [3.05, 3.63) is 11.6 Å². The molecule has 1 atom stereocenters. The molecule has 1 heterocycles. The van der Waals surface area contributed by atoms with Crippen molar-refractivity contribution in [3.8, 4) is 0 Å². The number of allylic oxidation sites excluding steroid dienone is 1. The van der Waals surface area contributed by atoms with Crippen LogP contribution >= 0.6 is 0 Å². The molecule has 0 saturated heterocycles. The molecule has 0 radical (unpaired) electrons. The SMILES string of the molecule is COC1CC[N+](C)=C2CCC=C21. The van der Waals surface area contributed by atoms with Crippen molar-refractivity contribution >= 4 is 5.71 Å².